The molecule has 0 saturated heterocycles. The van der Waals surface area contributed by atoms with Gasteiger partial charge in [0.05, 0.1) is 29.4 Å². The molecule has 0 spiro atoms. The third-order valence-electron chi connectivity index (χ3n) is 5.88. The standard InChI is InChI=1S/C26H31FN4O3/c1-16(2)11-12-18(25(28)33)14-24(32)22(13-17-7-3-4-8-19(17)27)31-26(34)23-15-29-20-9-5-6-10-21(20)30-23/h3-10,15-16,18,22,24,32H,11-14H2,1-2H3,(H2,28,33)(H,31,34)/t18-,22+,24+/m1/s1. The summed E-state index contributed by atoms with van der Waals surface area (Å²) < 4.78 is 14.4. The maximum absolute atomic E-state index is 14.4. The SMILES string of the molecule is CC(C)CC[C@H](C[C@H](O)[C@H](Cc1ccccc1F)NC(=O)c1cnc2ccccc2n1)C(N)=O. The Morgan fingerprint density at radius 2 is 1.74 bits per heavy atom. The van der Waals surface area contributed by atoms with E-state index in [0.717, 1.165) is 6.42 Å². The summed E-state index contributed by atoms with van der Waals surface area (Å²) in [5.74, 6) is -1.67. The number of benzene rings is 2. The fourth-order valence-electron chi connectivity index (χ4n) is 3.86. The van der Waals surface area contributed by atoms with E-state index in [1.807, 2.05) is 19.9 Å². The van der Waals surface area contributed by atoms with Crippen LogP contribution in [0.2, 0.25) is 0 Å². The van der Waals surface area contributed by atoms with Gasteiger partial charge < -0.3 is 16.2 Å². The first-order valence-corrected chi connectivity index (χ1v) is 11.5. The van der Waals surface area contributed by atoms with Crippen LogP contribution >= 0.6 is 0 Å². The fraction of sp³-hybridized carbons (Fsp3) is 0.385. The molecular formula is C26H31FN4O3. The molecule has 0 bridgehead atoms. The molecule has 2 aromatic carbocycles. The molecule has 0 radical (unpaired) electrons. The molecule has 3 aromatic rings. The lowest BCUT2D eigenvalue weighted by molar-refractivity contribution is -0.123. The van der Waals surface area contributed by atoms with E-state index in [-0.39, 0.29) is 18.5 Å². The highest BCUT2D eigenvalue weighted by atomic mass is 19.1. The third kappa shape index (κ3) is 6.81. The number of aliphatic hydroxyl groups is 1. The van der Waals surface area contributed by atoms with Crippen LogP contribution in [0.3, 0.4) is 0 Å². The van der Waals surface area contributed by atoms with Crippen molar-refractivity contribution < 1.29 is 19.1 Å². The molecule has 1 heterocycles. The predicted molar refractivity (Wildman–Crippen MR) is 128 cm³/mol. The van der Waals surface area contributed by atoms with E-state index >= 15 is 0 Å². The summed E-state index contributed by atoms with van der Waals surface area (Å²) in [5, 5.41) is 13.8. The van der Waals surface area contributed by atoms with E-state index in [0.29, 0.717) is 28.9 Å². The van der Waals surface area contributed by atoms with Crippen molar-refractivity contribution in [2.24, 2.45) is 17.6 Å². The molecule has 8 heteroatoms. The maximum atomic E-state index is 14.4. The van der Waals surface area contributed by atoms with Crippen LogP contribution < -0.4 is 11.1 Å². The quantitative estimate of drug-likeness (QED) is 0.400. The van der Waals surface area contributed by atoms with E-state index < -0.39 is 35.7 Å². The van der Waals surface area contributed by atoms with Crippen molar-refractivity contribution >= 4 is 22.8 Å². The number of hydrogen-bond donors (Lipinski definition) is 3. The lowest BCUT2D eigenvalue weighted by Crippen LogP contribution is -2.46. The number of para-hydroxylation sites is 2. The van der Waals surface area contributed by atoms with E-state index in [4.69, 9.17) is 5.73 Å². The van der Waals surface area contributed by atoms with Crippen molar-refractivity contribution in [3.8, 4) is 0 Å². The van der Waals surface area contributed by atoms with Crippen molar-refractivity contribution in [1.29, 1.82) is 0 Å². The van der Waals surface area contributed by atoms with Gasteiger partial charge in [-0.05, 0) is 48.9 Å². The van der Waals surface area contributed by atoms with Crippen molar-refractivity contribution in [2.45, 2.75) is 51.7 Å². The van der Waals surface area contributed by atoms with Crippen molar-refractivity contribution in [3.63, 3.8) is 0 Å². The van der Waals surface area contributed by atoms with E-state index in [1.165, 1.54) is 12.3 Å². The number of primary amides is 1. The Morgan fingerprint density at radius 1 is 1.06 bits per heavy atom. The summed E-state index contributed by atoms with van der Waals surface area (Å²) in [6.07, 6.45) is 1.64. The molecule has 0 aliphatic rings. The van der Waals surface area contributed by atoms with Crippen LogP contribution in [0.4, 0.5) is 4.39 Å². The van der Waals surface area contributed by atoms with Crippen LogP contribution in [0.15, 0.2) is 54.7 Å². The number of rotatable bonds is 11. The Balaban J connectivity index is 1.82. The summed E-state index contributed by atoms with van der Waals surface area (Å²) in [7, 11) is 0. The monoisotopic (exact) mass is 466 g/mol. The maximum Gasteiger partial charge on any atom is 0.271 e. The number of nitrogens with two attached hydrogens (primary N) is 1. The van der Waals surface area contributed by atoms with Crippen LogP contribution in [0.5, 0.6) is 0 Å². The highest BCUT2D eigenvalue weighted by Crippen LogP contribution is 2.21. The molecule has 7 nitrogen and oxygen atoms in total. The van der Waals surface area contributed by atoms with Gasteiger partial charge in [-0.25, -0.2) is 9.37 Å². The van der Waals surface area contributed by atoms with Crippen molar-refractivity contribution in [2.75, 3.05) is 0 Å². The first-order valence-electron chi connectivity index (χ1n) is 11.5. The first kappa shape index (κ1) is 25.2. The van der Waals surface area contributed by atoms with Gasteiger partial charge >= 0.3 is 0 Å². The van der Waals surface area contributed by atoms with Gasteiger partial charge in [-0.3, -0.25) is 14.6 Å². The number of carbonyl (C=O) groups is 2. The normalized spacial score (nSPS) is 14.0. The molecule has 0 fully saturated rings. The molecule has 2 amide bonds. The molecule has 1 aromatic heterocycles. The largest absolute Gasteiger partial charge is 0.391 e. The first-order chi connectivity index (χ1) is 16.2. The molecule has 3 rings (SSSR count). The van der Waals surface area contributed by atoms with E-state index in [9.17, 15) is 19.1 Å². The van der Waals surface area contributed by atoms with Gasteiger partial charge in [0.1, 0.15) is 11.5 Å². The van der Waals surface area contributed by atoms with Crippen LogP contribution in [-0.2, 0) is 11.2 Å². The summed E-state index contributed by atoms with van der Waals surface area (Å²) in [6.45, 7) is 4.08. The molecule has 3 atom stereocenters. The number of hydrogen-bond acceptors (Lipinski definition) is 5. The van der Waals surface area contributed by atoms with Gasteiger partial charge in [0.15, 0.2) is 0 Å². The second-order valence-corrected chi connectivity index (χ2v) is 8.99. The van der Waals surface area contributed by atoms with Gasteiger partial charge in [-0.2, -0.15) is 0 Å². The molecule has 0 aliphatic heterocycles. The average Bonchev–Trinajstić information content (AvgIpc) is 2.81. The number of aliphatic hydroxyl groups excluding tert-OH is 1. The summed E-state index contributed by atoms with van der Waals surface area (Å²) in [4.78, 5) is 33.6. The van der Waals surface area contributed by atoms with Crippen LogP contribution in [0, 0.1) is 17.7 Å². The molecule has 0 unspecified atom stereocenters. The summed E-state index contributed by atoms with van der Waals surface area (Å²) in [6, 6.07) is 12.5. The highest BCUT2D eigenvalue weighted by molar-refractivity contribution is 5.94. The Bertz CT molecular complexity index is 1140. The Hall–Kier alpha value is -3.39. The number of fused-ring (bicyclic) bond motifs is 1. The minimum atomic E-state index is -1.12. The topological polar surface area (TPSA) is 118 Å². The molecule has 0 aliphatic carbocycles. The van der Waals surface area contributed by atoms with Gasteiger partial charge in [0, 0.05) is 5.92 Å². The second-order valence-electron chi connectivity index (χ2n) is 8.99. The molecular weight excluding hydrogens is 435 g/mol. The Labute approximate surface area is 198 Å². The summed E-state index contributed by atoms with van der Waals surface area (Å²) >= 11 is 0. The number of nitrogens with one attached hydrogen (secondary N) is 1. The number of amides is 2. The fourth-order valence-corrected chi connectivity index (χ4v) is 3.86. The second kappa shape index (κ2) is 11.7. The summed E-state index contributed by atoms with van der Waals surface area (Å²) in [5.41, 5.74) is 7.21. The number of nitrogens with zero attached hydrogens (tertiary/aromatic N) is 2. The highest BCUT2D eigenvalue weighted by Gasteiger charge is 2.28. The molecule has 4 N–H and O–H groups in total. The Morgan fingerprint density at radius 3 is 2.41 bits per heavy atom. The lowest BCUT2D eigenvalue weighted by Gasteiger charge is -2.27. The number of aromatic nitrogens is 2. The van der Waals surface area contributed by atoms with Crippen LogP contribution in [0.25, 0.3) is 11.0 Å². The van der Waals surface area contributed by atoms with Crippen LogP contribution in [-0.4, -0.2) is 39.0 Å². The van der Waals surface area contributed by atoms with E-state index in [1.54, 1.807) is 36.4 Å². The molecule has 180 valence electrons. The number of halogens is 1. The minimum Gasteiger partial charge on any atom is -0.391 e. The smallest absolute Gasteiger partial charge is 0.271 e. The zero-order valence-electron chi connectivity index (χ0n) is 19.4. The Kier molecular flexibility index (Phi) is 8.65. The lowest BCUT2D eigenvalue weighted by atomic mass is 9.88. The van der Waals surface area contributed by atoms with Gasteiger partial charge in [-0.1, -0.05) is 50.6 Å². The van der Waals surface area contributed by atoms with Gasteiger partial charge in [0.2, 0.25) is 5.91 Å². The van der Waals surface area contributed by atoms with E-state index in [2.05, 4.69) is 15.3 Å². The van der Waals surface area contributed by atoms with Gasteiger partial charge in [-0.15, -0.1) is 0 Å². The molecule has 0 saturated carbocycles. The zero-order valence-corrected chi connectivity index (χ0v) is 19.4. The zero-order chi connectivity index (χ0) is 24.7. The number of carbonyl (C=O) groups excluding carboxylic acids is 2. The van der Waals surface area contributed by atoms with Gasteiger partial charge in [0.25, 0.3) is 5.91 Å². The average molecular weight is 467 g/mol. The van der Waals surface area contributed by atoms with Crippen molar-refractivity contribution in [1.82, 2.24) is 15.3 Å². The molecule has 34 heavy (non-hydrogen) atoms. The van der Waals surface area contributed by atoms with Crippen molar-refractivity contribution in [3.05, 3.63) is 71.8 Å². The predicted octanol–water partition coefficient (Wildman–Crippen LogP) is 3.40. The third-order valence-corrected chi connectivity index (χ3v) is 5.88. The minimum absolute atomic E-state index is 0.0379. The van der Waals surface area contributed by atoms with Crippen LogP contribution in [0.1, 0.15) is 49.2 Å².